The number of aromatic carboxylic acids is 1. The molecule has 3 N–H and O–H groups in total. The molecule has 0 radical (unpaired) electrons. The number of aromatic nitrogens is 1. The van der Waals surface area contributed by atoms with E-state index < -0.39 is 39.8 Å². The van der Waals surface area contributed by atoms with E-state index in [0.29, 0.717) is 66.9 Å². The van der Waals surface area contributed by atoms with Gasteiger partial charge in [0.05, 0.1) is 35.4 Å². The van der Waals surface area contributed by atoms with Crippen molar-refractivity contribution in [3.8, 4) is 22.4 Å². The Bertz CT molecular complexity index is 3170. The van der Waals surface area contributed by atoms with E-state index in [0.717, 1.165) is 65.1 Å². The van der Waals surface area contributed by atoms with Gasteiger partial charge in [0, 0.05) is 95.4 Å². The monoisotopic (exact) mass is 1120 g/mol. The van der Waals surface area contributed by atoms with Gasteiger partial charge in [0.1, 0.15) is 4.90 Å². The molecule has 0 amide bonds. The Balaban J connectivity index is 0.921. The van der Waals surface area contributed by atoms with Crippen LogP contribution in [-0.2, 0) is 18.9 Å². The number of carboxylic acids is 1. The summed E-state index contributed by atoms with van der Waals surface area (Å²) in [5, 5.41) is 23.8. The van der Waals surface area contributed by atoms with Crippen molar-refractivity contribution in [2.75, 3.05) is 91.1 Å². The van der Waals surface area contributed by atoms with E-state index in [9.17, 15) is 41.2 Å². The van der Waals surface area contributed by atoms with Crippen LogP contribution in [0.25, 0.3) is 22.4 Å². The van der Waals surface area contributed by atoms with Crippen molar-refractivity contribution in [3.05, 3.63) is 138 Å². The van der Waals surface area contributed by atoms with Crippen molar-refractivity contribution in [3.63, 3.8) is 0 Å². The fourth-order valence-electron chi connectivity index (χ4n) is 10.7. The molecule has 2 atom stereocenters. The number of aliphatic hydroxyl groups excluding tert-OH is 1. The average Bonchev–Trinajstić information content (AvgIpc) is 4.10. The number of thioether (sulfide) groups is 1. The number of carboxylic acid groups (broad SMARTS) is 1. The number of halogens is 4. The third-order valence-corrected chi connectivity index (χ3v) is 20.2. The number of hydrogen-bond donors (Lipinski definition) is 3. The Hall–Kier alpha value is -5.46. The first-order valence-corrected chi connectivity index (χ1v) is 30.0. The number of aliphatic hydroxyl groups is 1. The van der Waals surface area contributed by atoms with Gasteiger partial charge in [-0.15, -0.1) is 11.8 Å². The molecule has 1 aromatic heterocycles. The second kappa shape index (κ2) is 23.2. The minimum atomic E-state index is -5.94. The third kappa shape index (κ3) is 11.7. The van der Waals surface area contributed by atoms with Gasteiger partial charge in [-0.2, -0.15) is 13.2 Å². The number of nitrogens with zero attached hydrogens (tertiary/aromatic N) is 5. The zero-order chi connectivity index (χ0) is 53.9. The summed E-state index contributed by atoms with van der Waals surface area (Å²) in [6.45, 7) is 11.0. The van der Waals surface area contributed by atoms with Gasteiger partial charge in [-0.25, -0.2) is 13.2 Å². The fraction of sp³-hybridized carbons (Fsp3) is 0.375. The summed E-state index contributed by atoms with van der Waals surface area (Å²) in [5.41, 5.74) is 0.498. The van der Waals surface area contributed by atoms with E-state index >= 15 is 0 Å². The van der Waals surface area contributed by atoms with Gasteiger partial charge in [-0.1, -0.05) is 54.1 Å². The lowest BCUT2D eigenvalue weighted by Crippen LogP contribution is -2.46. The zero-order valence-corrected chi connectivity index (χ0v) is 45.9. The Morgan fingerprint density at radius 2 is 1.49 bits per heavy atom. The van der Waals surface area contributed by atoms with Gasteiger partial charge >= 0.3 is 19.0 Å². The summed E-state index contributed by atoms with van der Waals surface area (Å²) in [4.78, 5) is 19.6. The molecule has 3 aliphatic rings. The van der Waals surface area contributed by atoms with Crippen molar-refractivity contribution in [2.24, 2.45) is 5.92 Å². The number of carbonyl (C=O) groups is 1. The third-order valence-electron chi connectivity index (χ3n) is 14.7. The Morgan fingerprint density at radius 1 is 0.829 bits per heavy atom. The van der Waals surface area contributed by atoms with Crippen LogP contribution in [0.1, 0.15) is 55.2 Å². The molecule has 9 rings (SSSR count). The number of sulfone groups is 1. The molecule has 5 aromatic carbocycles. The molecule has 4 heterocycles. The van der Waals surface area contributed by atoms with Crippen molar-refractivity contribution < 1.29 is 45.7 Å². The molecule has 3 saturated heterocycles. The van der Waals surface area contributed by atoms with Gasteiger partial charge < -0.3 is 39.3 Å². The molecule has 0 bridgehead atoms. The smallest absolute Gasteiger partial charge is 0.478 e. The van der Waals surface area contributed by atoms with Crippen LogP contribution in [0, 0.1) is 12.8 Å². The Labute approximate surface area is 452 Å². The number of anilines is 4. The second-order valence-electron chi connectivity index (χ2n) is 19.8. The Kier molecular flexibility index (Phi) is 16.9. The minimum absolute atomic E-state index is 0.00109. The maximum atomic E-state index is 15.0. The maximum Gasteiger partial charge on any atom is 0.501 e. The quantitative estimate of drug-likeness (QED) is 0.0554. The summed E-state index contributed by atoms with van der Waals surface area (Å²) in [7, 11) is -10.1. The molecule has 404 valence electrons. The first-order valence-electron chi connectivity index (χ1n) is 25.6. The molecular formula is C56H63ClF3N6O7PS2. The number of piperazine rings is 1. The van der Waals surface area contributed by atoms with Crippen LogP contribution in [0.2, 0.25) is 5.02 Å². The van der Waals surface area contributed by atoms with Crippen LogP contribution in [0.15, 0.2) is 131 Å². The maximum absolute atomic E-state index is 15.0. The first kappa shape index (κ1) is 55.3. The molecule has 0 unspecified atom stereocenters. The van der Waals surface area contributed by atoms with Gasteiger partial charge in [-0.05, 0) is 149 Å². The highest BCUT2D eigenvalue weighted by molar-refractivity contribution is 7.99. The van der Waals surface area contributed by atoms with Crippen molar-refractivity contribution in [2.45, 2.75) is 67.4 Å². The van der Waals surface area contributed by atoms with Crippen LogP contribution in [0.4, 0.5) is 35.9 Å². The van der Waals surface area contributed by atoms with Gasteiger partial charge in [0.15, 0.2) is 0 Å². The molecule has 6 aromatic rings. The molecule has 0 aliphatic carbocycles. The lowest BCUT2D eigenvalue weighted by Gasteiger charge is -2.37. The van der Waals surface area contributed by atoms with Crippen molar-refractivity contribution >= 4 is 74.7 Å². The summed E-state index contributed by atoms with van der Waals surface area (Å²) < 4.78 is 95.0. The van der Waals surface area contributed by atoms with Crippen LogP contribution in [0.3, 0.4) is 0 Å². The average molecular weight is 1120 g/mol. The highest BCUT2D eigenvalue weighted by Gasteiger charge is 2.49. The lowest BCUT2D eigenvalue weighted by atomic mass is 9.96. The molecule has 20 heteroatoms. The van der Waals surface area contributed by atoms with Crippen molar-refractivity contribution in [1.29, 1.82) is 0 Å². The van der Waals surface area contributed by atoms with E-state index in [4.69, 9.17) is 16.1 Å². The molecule has 0 saturated carbocycles. The molecule has 0 spiro atoms. The second-order valence-corrected chi connectivity index (χ2v) is 25.6. The number of hydrogen-bond acceptors (Lipinski definition) is 11. The summed E-state index contributed by atoms with van der Waals surface area (Å²) in [6.07, 6.45) is 2.18. The Morgan fingerprint density at radius 3 is 2.12 bits per heavy atom. The molecule has 13 nitrogen and oxygen atoms in total. The van der Waals surface area contributed by atoms with E-state index in [1.54, 1.807) is 24.3 Å². The predicted octanol–water partition coefficient (Wildman–Crippen LogP) is 11.7. The van der Waals surface area contributed by atoms with E-state index in [-0.39, 0.29) is 48.3 Å². The van der Waals surface area contributed by atoms with Gasteiger partial charge in [0.2, 0.25) is 0 Å². The lowest BCUT2D eigenvalue weighted by molar-refractivity contribution is -0.0435. The van der Waals surface area contributed by atoms with Crippen LogP contribution in [-0.4, -0.2) is 117 Å². The SMILES string of the molecule is Cc1c(C(=O)O)c(-c2cccc(N3CCN(c4ccc(N5CCO[P@]5(=O)c5ccc(N[C@H](CCN6CCC(CO)CC6)CSc6ccccc6)c(S(=O)(=O)C(F)(F)F)c5)cc4)CC3)c2)c(-c2ccc(Cl)cc2)n1C(C)C. The fourth-order valence-corrected chi connectivity index (χ4v) is 15.1. The van der Waals surface area contributed by atoms with E-state index in [1.807, 2.05) is 99.6 Å². The first-order chi connectivity index (χ1) is 36.4. The number of benzene rings is 5. The molecule has 76 heavy (non-hydrogen) atoms. The number of rotatable bonds is 18. The molecule has 3 aliphatic heterocycles. The van der Waals surface area contributed by atoms with E-state index in [1.165, 1.54) is 28.6 Å². The zero-order valence-electron chi connectivity index (χ0n) is 42.6. The normalized spacial score (nSPS) is 18.4. The number of likely N-dealkylation sites (tertiary alicyclic amines) is 1. The summed E-state index contributed by atoms with van der Waals surface area (Å²) in [6, 6.07) is 35.4. The molecular weight excluding hydrogens is 1060 g/mol. The number of piperidine rings is 1. The predicted molar refractivity (Wildman–Crippen MR) is 299 cm³/mol. The minimum Gasteiger partial charge on any atom is -0.478 e. The number of nitrogens with one attached hydrogen (secondary N) is 1. The highest BCUT2D eigenvalue weighted by Crippen LogP contribution is 2.56. The summed E-state index contributed by atoms with van der Waals surface area (Å²) in [5.74, 6) is -0.339. The van der Waals surface area contributed by atoms with Gasteiger partial charge in [-0.3, -0.25) is 9.24 Å². The van der Waals surface area contributed by atoms with Gasteiger partial charge in [0.25, 0.3) is 9.84 Å². The molecule has 3 fully saturated rings. The largest absolute Gasteiger partial charge is 0.501 e. The topological polar surface area (TPSA) is 148 Å². The van der Waals surface area contributed by atoms with Crippen LogP contribution < -0.4 is 25.1 Å². The summed E-state index contributed by atoms with van der Waals surface area (Å²) >= 11 is 7.78. The highest BCUT2D eigenvalue weighted by atomic mass is 35.5. The van der Waals surface area contributed by atoms with Crippen LogP contribution in [0.5, 0.6) is 0 Å². The number of alkyl halides is 3. The van der Waals surface area contributed by atoms with E-state index in [2.05, 4.69) is 24.6 Å². The van der Waals surface area contributed by atoms with Crippen LogP contribution >= 0.6 is 30.9 Å². The van der Waals surface area contributed by atoms with Crippen molar-refractivity contribution in [1.82, 2.24) is 9.47 Å². The standard InChI is InChI=1S/C56H63ClF3N6O7PS2/c1-38(2)66-39(3)52(55(68)69)53(54(66)41-12-14-43(57)15-13-41)42-8-7-9-47(34-42)64-30-28-63(29-31-64)45-16-18-46(19-17-45)65-32-33-73-74(65,70)48-20-21-50(51(35-48)76(71,72)56(58,59)60)61-44(37-75-49-10-5-4-6-11-49)24-27-62-25-22-40(36-67)23-26-62/h4-21,34-35,38,40,44,61,67H,22-33,36-37H2,1-3H3,(H,68,69)/t44-,74-/m1/s1.